The summed E-state index contributed by atoms with van der Waals surface area (Å²) in [6.07, 6.45) is 2.43. The van der Waals surface area contributed by atoms with Gasteiger partial charge in [0.15, 0.2) is 5.78 Å². The van der Waals surface area contributed by atoms with Gasteiger partial charge in [-0.1, -0.05) is 6.07 Å². The van der Waals surface area contributed by atoms with Gasteiger partial charge in [-0.25, -0.2) is 4.39 Å². The van der Waals surface area contributed by atoms with E-state index in [1.54, 1.807) is 17.8 Å². The Hall–Kier alpha value is -0.830. The first kappa shape index (κ1) is 11.2. The van der Waals surface area contributed by atoms with Crippen molar-refractivity contribution in [2.24, 2.45) is 0 Å². The molecule has 1 rings (SSSR count). The van der Waals surface area contributed by atoms with Gasteiger partial charge in [0.25, 0.3) is 0 Å². The van der Waals surface area contributed by atoms with Crippen LogP contribution in [0.1, 0.15) is 22.3 Å². The Morgan fingerprint density at radius 2 is 2.21 bits per heavy atom. The van der Waals surface area contributed by atoms with E-state index < -0.39 is 0 Å². The summed E-state index contributed by atoms with van der Waals surface area (Å²) in [6, 6.07) is 4.33. The average molecular weight is 212 g/mol. The van der Waals surface area contributed by atoms with Crippen LogP contribution in [-0.2, 0) is 0 Å². The molecule has 76 valence electrons. The van der Waals surface area contributed by atoms with Crippen molar-refractivity contribution in [1.82, 2.24) is 0 Å². The van der Waals surface area contributed by atoms with Crippen LogP contribution in [0.25, 0.3) is 0 Å². The van der Waals surface area contributed by atoms with Gasteiger partial charge < -0.3 is 0 Å². The number of benzene rings is 1. The first-order chi connectivity index (χ1) is 6.65. The van der Waals surface area contributed by atoms with Crippen molar-refractivity contribution in [1.29, 1.82) is 0 Å². The predicted molar refractivity (Wildman–Crippen MR) is 58.5 cm³/mol. The molecule has 0 saturated heterocycles. The zero-order valence-electron chi connectivity index (χ0n) is 8.34. The highest BCUT2D eigenvalue weighted by molar-refractivity contribution is 7.98. The maximum atomic E-state index is 12.9. The van der Waals surface area contributed by atoms with Gasteiger partial charge in [-0.2, -0.15) is 11.8 Å². The van der Waals surface area contributed by atoms with Crippen LogP contribution in [0, 0.1) is 12.7 Å². The smallest absolute Gasteiger partial charge is 0.164 e. The number of halogens is 1. The Balaban J connectivity index is 2.83. The van der Waals surface area contributed by atoms with Crippen molar-refractivity contribution >= 4 is 17.5 Å². The van der Waals surface area contributed by atoms with E-state index in [0.717, 1.165) is 11.3 Å². The first-order valence-corrected chi connectivity index (χ1v) is 5.83. The Kier molecular flexibility index (Phi) is 4.14. The second-order valence-corrected chi connectivity index (χ2v) is 4.11. The third kappa shape index (κ3) is 2.84. The number of rotatable bonds is 4. The molecule has 0 amide bonds. The van der Waals surface area contributed by atoms with Crippen LogP contribution in [0.2, 0.25) is 0 Å². The van der Waals surface area contributed by atoms with Gasteiger partial charge in [0, 0.05) is 17.7 Å². The SMILES string of the molecule is CSCCC(=O)c1cc(F)ccc1C. The Morgan fingerprint density at radius 1 is 1.50 bits per heavy atom. The lowest BCUT2D eigenvalue weighted by Crippen LogP contribution is -2.03. The molecule has 0 radical (unpaired) electrons. The summed E-state index contributed by atoms with van der Waals surface area (Å²) in [6.45, 7) is 1.83. The Labute approximate surface area is 87.7 Å². The minimum absolute atomic E-state index is 0.0244. The summed E-state index contributed by atoms with van der Waals surface area (Å²) < 4.78 is 12.9. The van der Waals surface area contributed by atoms with Gasteiger partial charge in [0.05, 0.1) is 0 Å². The van der Waals surface area contributed by atoms with Crippen LogP contribution in [0.15, 0.2) is 18.2 Å². The fraction of sp³-hybridized carbons (Fsp3) is 0.364. The molecule has 0 spiro atoms. The fourth-order valence-corrected chi connectivity index (χ4v) is 1.61. The number of Topliss-reactive ketones (excluding diaryl/α,β-unsaturated/α-hetero) is 1. The number of hydrogen-bond acceptors (Lipinski definition) is 2. The number of carbonyl (C=O) groups excluding carboxylic acids is 1. The molecular formula is C11H13FOS. The van der Waals surface area contributed by atoms with Crippen molar-refractivity contribution < 1.29 is 9.18 Å². The van der Waals surface area contributed by atoms with E-state index in [0.29, 0.717) is 12.0 Å². The predicted octanol–water partition coefficient (Wildman–Crippen LogP) is 3.07. The van der Waals surface area contributed by atoms with Gasteiger partial charge in [-0.05, 0) is 30.9 Å². The van der Waals surface area contributed by atoms with Crippen molar-refractivity contribution in [3.8, 4) is 0 Å². The zero-order chi connectivity index (χ0) is 10.6. The molecule has 0 heterocycles. The molecule has 14 heavy (non-hydrogen) atoms. The second-order valence-electron chi connectivity index (χ2n) is 3.13. The van der Waals surface area contributed by atoms with E-state index in [4.69, 9.17) is 0 Å². The lowest BCUT2D eigenvalue weighted by atomic mass is 10.0. The van der Waals surface area contributed by atoms with Crippen LogP contribution < -0.4 is 0 Å². The minimum atomic E-state index is -0.344. The molecule has 1 aromatic carbocycles. The Bertz CT molecular complexity index is 336. The highest BCUT2D eigenvalue weighted by atomic mass is 32.2. The van der Waals surface area contributed by atoms with Gasteiger partial charge in [-0.3, -0.25) is 4.79 Å². The normalized spacial score (nSPS) is 10.2. The third-order valence-electron chi connectivity index (χ3n) is 2.03. The first-order valence-electron chi connectivity index (χ1n) is 4.43. The topological polar surface area (TPSA) is 17.1 Å². The molecule has 0 N–H and O–H groups in total. The monoisotopic (exact) mass is 212 g/mol. The largest absolute Gasteiger partial charge is 0.294 e. The van der Waals surface area contributed by atoms with Gasteiger partial charge in [-0.15, -0.1) is 0 Å². The summed E-state index contributed by atoms with van der Waals surface area (Å²) in [7, 11) is 0. The number of hydrogen-bond donors (Lipinski definition) is 0. The Morgan fingerprint density at radius 3 is 2.86 bits per heavy atom. The molecule has 0 saturated carbocycles. The lowest BCUT2D eigenvalue weighted by Gasteiger charge is -2.03. The molecule has 0 bridgehead atoms. The standard InChI is InChI=1S/C11H13FOS/c1-8-3-4-9(12)7-10(8)11(13)5-6-14-2/h3-4,7H,5-6H2,1-2H3. The average Bonchev–Trinajstić information content (AvgIpc) is 2.18. The van der Waals surface area contributed by atoms with Crippen LogP contribution in [0.5, 0.6) is 0 Å². The maximum Gasteiger partial charge on any atom is 0.164 e. The highest BCUT2D eigenvalue weighted by Gasteiger charge is 2.09. The minimum Gasteiger partial charge on any atom is -0.294 e. The number of aryl methyl sites for hydroxylation is 1. The molecule has 0 atom stereocenters. The van der Waals surface area contributed by atoms with Crippen LogP contribution in [0.3, 0.4) is 0 Å². The second kappa shape index (κ2) is 5.15. The molecule has 0 aromatic heterocycles. The van der Waals surface area contributed by atoms with Crippen LogP contribution in [0.4, 0.5) is 4.39 Å². The molecule has 0 unspecified atom stereocenters. The summed E-state index contributed by atoms with van der Waals surface area (Å²) in [4.78, 5) is 11.6. The molecule has 1 aromatic rings. The van der Waals surface area contributed by atoms with Crippen molar-refractivity contribution in [3.05, 3.63) is 35.1 Å². The zero-order valence-corrected chi connectivity index (χ0v) is 9.16. The third-order valence-corrected chi connectivity index (χ3v) is 2.65. The van der Waals surface area contributed by atoms with E-state index >= 15 is 0 Å². The van der Waals surface area contributed by atoms with E-state index in [1.807, 2.05) is 13.2 Å². The molecular weight excluding hydrogens is 199 g/mol. The number of ketones is 1. The molecule has 0 aliphatic heterocycles. The van der Waals surface area contributed by atoms with E-state index in [-0.39, 0.29) is 11.6 Å². The van der Waals surface area contributed by atoms with E-state index in [2.05, 4.69) is 0 Å². The van der Waals surface area contributed by atoms with Gasteiger partial charge >= 0.3 is 0 Å². The van der Waals surface area contributed by atoms with E-state index in [1.165, 1.54) is 12.1 Å². The maximum absolute atomic E-state index is 12.9. The van der Waals surface area contributed by atoms with Crippen molar-refractivity contribution in [2.45, 2.75) is 13.3 Å². The van der Waals surface area contributed by atoms with Crippen molar-refractivity contribution in [2.75, 3.05) is 12.0 Å². The molecule has 1 nitrogen and oxygen atoms in total. The van der Waals surface area contributed by atoms with Crippen LogP contribution >= 0.6 is 11.8 Å². The summed E-state index contributed by atoms with van der Waals surface area (Å²) in [5.41, 5.74) is 1.36. The summed E-state index contributed by atoms with van der Waals surface area (Å²) in [5, 5.41) is 0. The number of carbonyl (C=O) groups is 1. The molecule has 0 aliphatic carbocycles. The van der Waals surface area contributed by atoms with Crippen molar-refractivity contribution in [3.63, 3.8) is 0 Å². The summed E-state index contributed by atoms with van der Waals surface area (Å²) >= 11 is 1.62. The summed E-state index contributed by atoms with van der Waals surface area (Å²) in [5.74, 6) is 0.467. The quantitative estimate of drug-likeness (QED) is 0.713. The van der Waals surface area contributed by atoms with E-state index in [9.17, 15) is 9.18 Å². The highest BCUT2D eigenvalue weighted by Crippen LogP contribution is 2.13. The van der Waals surface area contributed by atoms with Gasteiger partial charge in [0.1, 0.15) is 5.82 Å². The number of thioether (sulfide) groups is 1. The molecule has 0 aliphatic rings. The van der Waals surface area contributed by atoms with Crippen LogP contribution in [-0.4, -0.2) is 17.8 Å². The molecule has 3 heteroatoms. The molecule has 0 fully saturated rings. The van der Waals surface area contributed by atoms with Gasteiger partial charge in [0.2, 0.25) is 0 Å². The fourth-order valence-electron chi connectivity index (χ4n) is 1.22. The lowest BCUT2D eigenvalue weighted by molar-refractivity contribution is 0.0988.